The van der Waals surface area contributed by atoms with E-state index in [1.54, 1.807) is 32.9 Å². The van der Waals surface area contributed by atoms with Gasteiger partial charge >= 0.3 is 11.0 Å². The van der Waals surface area contributed by atoms with Crippen LogP contribution in [0.2, 0.25) is 0 Å². The van der Waals surface area contributed by atoms with Gasteiger partial charge in [-0.3, -0.25) is 19.7 Å². The van der Waals surface area contributed by atoms with E-state index in [0.29, 0.717) is 22.6 Å². The lowest BCUT2D eigenvalue weighted by Gasteiger charge is -2.17. The van der Waals surface area contributed by atoms with Crippen LogP contribution in [0.25, 0.3) is 0 Å². The largest absolute Gasteiger partial charge is 0.453 e. The fraction of sp³-hybridized carbons (Fsp3) is 0.278. The zero-order valence-electron chi connectivity index (χ0n) is 15.0. The van der Waals surface area contributed by atoms with Crippen LogP contribution in [0.15, 0.2) is 36.4 Å². The number of anilines is 1. The van der Waals surface area contributed by atoms with Gasteiger partial charge in [-0.15, -0.1) is 0 Å². The molecule has 0 bridgehead atoms. The third-order valence-corrected chi connectivity index (χ3v) is 4.47. The molecule has 0 fully saturated rings. The van der Waals surface area contributed by atoms with E-state index in [1.807, 2.05) is 0 Å². The summed E-state index contributed by atoms with van der Waals surface area (Å²) in [5, 5.41) is 13.2. The molecule has 0 atom stereocenters. The third-order valence-electron chi connectivity index (χ3n) is 3.45. The zero-order valence-corrected chi connectivity index (χ0v) is 15.8. The van der Waals surface area contributed by atoms with E-state index in [1.165, 1.54) is 24.3 Å². The first kappa shape index (κ1) is 20.2. The highest BCUT2D eigenvalue weighted by Gasteiger charge is 2.21. The van der Waals surface area contributed by atoms with Crippen LogP contribution in [0.5, 0.6) is 0 Å². The molecule has 1 amide bonds. The summed E-state index contributed by atoms with van der Waals surface area (Å²) in [4.78, 5) is 46.0. The minimum atomic E-state index is -0.796. The van der Waals surface area contributed by atoms with E-state index in [2.05, 4.69) is 5.32 Å². The molecule has 0 saturated heterocycles. The summed E-state index contributed by atoms with van der Waals surface area (Å²) in [7, 11) is 0. The number of nitro groups is 1. The lowest BCUT2D eigenvalue weighted by Crippen LogP contribution is -2.27. The van der Waals surface area contributed by atoms with Gasteiger partial charge in [-0.1, -0.05) is 32.1 Å². The maximum atomic E-state index is 12.1. The van der Waals surface area contributed by atoms with Crippen LogP contribution in [0, 0.1) is 15.5 Å². The van der Waals surface area contributed by atoms with Gasteiger partial charge in [0.2, 0.25) is 5.91 Å². The first-order valence-corrected chi connectivity index (χ1v) is 8.75. The monoisotopic (exact) mass is 390 g/mol. The molecule has 0 aliphatic carbocycles. The molecular weight excluding hydrogens is 372 g/mol. The quantitative estimate of drug-likeness (QED) is 0.348. The summed E-state index contributed by atoms with van der Waals surface area (Å²) in [6, 6.07) is 8.69. The Bertz CT molecular complexity index is 880. The van der Waals surface area contributed by atoms with Crippen molar-refractivity contribution in [3.8, 4) is 0 Å². The van der Waals surface area contributed by atoms with Crippen LogP contribution in [-0.2, 0) is 9.53 Å². The Balaban J connectivity index is 1.92. The van der Waals surface area contributed by atoms with Gasteiger partial charge in [0.15, 0.2) is 12.4 Å². The standard InChI is InChI=1S/C18H18N2O6S/c1-18(2,3)17(23)19-12-6-4-11(5-7-12)13(21)10-26-16(22)14-8-9-15(27-14)20(24)25/h4-9H,10H2,1-3H3,(H,19,23). The number of Topliss-reactive ketones (excluding diaryl/α,β-unsaturated/α-hetero) is 1. The Morgan fingerprint density at radius 3 is 2.26 bits per heavy atom. The fourth-order valence-corrected chi connectivity index (χ4v) is 2.59. The lowest BCUT2D eigenvalue weighted by molar-refractivity contribution is -0.380. The van der Waals surface area contributed by atoms with Crippen molar-refractivity contribution in [2.45, 2.75) is 20.8 Å². The minimum Gasteiger partial charge on any atom is -0.453 e. The molecular formula is C18H18N2O6S. The number of nitrogens with zero attached hydrogens (tertiary/aromatic N) is 1. The van der Waals surface area contributed by atoms with E-state index < -0.39 is 28.7 Å². The van der Waals surface area contributed by atoms with E-state index in [-0.39, 0.29) is 15.8 Å². The van der Waals surface area contributed by atoms with E-state index in [0.717, 1.165) is 0 Å². The molecule has 1 heterocycles. The number of nitrogens with one attached hydrogen (secondary N) is 1. The van der Waals surface area contributed by atoms with E-state index >= 15 is 0 Å². The highest BCUT2D eigenvalue weighted by Crippen LogP contribution is 2.24. The molecule has 8 nitrogen and oxygen atoms in total. The van der Waals surface area contributed by atoms with Gasteiger partial charge in [-0.25, -0.2) is 4.79 Å². The minimum absolute atomic E-state index is 0.0507. The molecule has 0 saturated carbocycles. The van der Waals surface area contributed by atoms with Gasteiger partial charge in [0, 0.05) is 22.7 Å². The number of ether oxygens (including phenoxy) is 1. The summed E-state index contributed by atoms with van der Waals surface area (Å²) in [6.07, 6.45) is 0. The Hall–Kier alpha value is -3.07. The molecule has 9 heteroatoms. The number of ketones is 1. The SMILES string of the molecule is CC(C)(C)C(=O)Nc1ccc(C(=O)COC(=O)c2ccc([N+](=O)[O-])s2)cc1. The van der Waals surface area contributed by atoms with Gasteiger partial charge < -0.3 is 10.1 Å². The number of carbonyl (C=O) groups is 3. The van der Waals surface area contributed by atoms with Crippen LogP contribution < -0.4 is 5.32 Å². The van der Waals surface area contributed by atoms with E-state index in [9.17, 15) is 24.5 Å². The maximum Gasteiger partial charge on any atom is 0.349 e. The zero-order chi connectivity index (χ0) is 20.2. The molecule has 1 aromatic heterocycles. The predicted octanol–water partition coefficient (Wildman–Crippen LogP) is 3.68. The van der Waals surface area contributed by atoms with Crippen molar-refractivity contribution < 1.29 is 24.0 Å². The van der Waals surface area contributed by atoms with Crippen LogP contribution in [-0.4, -0.2) is 29.2 Å². The average Bonchev–Trinajstić information content (AvgIpc) is 3.09. The van der Waals surface area contributed by atoms with Crippen molar-refractivity contribution in [1.29, 1.82) is 0 Å². The molecule has 2 rings (SSSR count). The van der Waals surface area contributed by atoms with Gasteiger partial charge in [0.1, 0.15) is 4.88 Å². The third kappa shape index (κ3) is 5.45. The van der Waals surface area contributed by atoms with Crippen molar-refractivity contribution in [1.82, 2.24) is 0 Å². The molecule has 0 aliphatic rings. The van der Waals surface area contributed by atoms with Crippen molar-refractivity contribution >= 4 is 39.7 Å². The number of thiophene rings is 1. The molecule has 0 aliphatic heterocycles. The highest BCUT2D eigenvalue weighted by atomic mass is 32.1. The number of benzene rings is 1. The van der Waals surface area contributed by atoms with E-state index in [4.69, 9.17) is 4.74 Å². The first-order valence-electron chi connectivity index (χ1n) is 7.94. The van der Waals surface area contributed by atoms with Gasteiger partial charge in [-0.05, 0) is 30.3 Å². The molecule has 1 aromatic carbocycles. The van der Waals surface area contributed by atoms with Gasteiger partial charge in [0.05, 0.1) is 4.92 Å². The van der Waals surface area contributed by atoms with Gasteiger partial charge in [0.25, 0.3) is 0 Å². The number of hydrogen-bond donors (Lipinski definition) is 1. The molecule has 0 spiro atoms. The second-order valence-corrected chi connectivity index (χ2v) is 7.74. The number of rotatable bonds is 6. The fourth-order valence-electron chi connectivity index (χ4n) is 1.88. The van der Waals surface area contributed by atoms with Crippen molar-refractivity contribution in [3.05, 3.63) is 57.0 Å². The molecule has 0 unspecified atom stereocenters. The van der Waals surface area contributed by atoms with Crippen LogP contribution >= 0.6 is 11.3 Å². The summed E-state index contributed by atoms with van der Waals surface area (Å²) >= 11 is 0.681. The van der Waals surface area contributed by atoms with Crippen LogP contribution in [0.4, 0.5) is 10.7 Å². The summed E-state index contributed by atoms with van der Waals surface area (Å²) in [5.41, 5.74) is 0.322. The first-order chi connectivity index (χ1) is 12.6. The average molecular weight is 390 g/mol. The normalized spacial score (nSPS) is 10.9. The highest BCUT2D eigenvalue weighted by molar-refractivity contribution is 7.17. The Morgan fingerprint density at radius 1 is 1.11 bits per heavy atom. The van der Waals surface area contributed by atoms with Crippen LogP contribution in [0.3, 0.4) is 0 Å². The molecule has 1 N–H and O–H groups in total. The number of esters is 1. The maximum absolute atomic E-state index is 12.1. The molecule has 0 radical (unpaired) electrons. The second kappa shape index (κ2) is 8.09. The summed E-state index contributed by atoms with van der Waals surface area (Å²) in [6.45, 7) is 4.88. The number of hydrogen-bond acceptors (Lipinski definition) is 7. The van der Waals surface area contributed by atoms with Crippen molar-refractivity contribution in [2.24, 2.45) is 5.41 Å². The van der Waals surface area contributed by atoms with Crippen molar-refractivity contribution in [3.63, 3.8) is 0 Å². The second-order valence-electron chi connectivity index (χ2n) is 6.68. The Labute approximate surface area is 159 Å². The topological polar surface area (TPSA) is 116 Å². The predicted molar refractivity (Wildman–Crippen MR) is 100 cm³/mol. The number of carbonyl (C=O) groups excluding carboxylic acids is 3. The van der Waals surface area contributed by atoms with Crippen LogP contribution in [0.1, 0.15) is 40.8 Å². The molecule has 142 valence electrons. The Morgan fingerprint density at radius 2 is 1.74 bits per heavy atom. The summed E-state index contributed by atoms with van der Waals surface area (Å²) in [5.74, 6) is -1.38. The smallest absolute Gasteiger partial charge is 0.349 e. The molecule has 27 heavy (non-hydrogen) atoms. The van der Waals surface area contributed by atoms with Gasteiger partial charge in [-0.2, -0.15) is 0 Å². The lowest BCUT2D eigenvalue weighted by atomic mass is 9.95. The Kier molecular flexibility index (Phi) is 6.06. The summed E-state index contributed by atoms with van der Waals surface area (Å²) < 4.78 is 4.91. The van der Waals surface area contributed by atoms with Crippen molar-refractivity contribution in [2.75, 3.05) is 11.9 Å². The number of amides is 1. The molecule has 2 aromatic rings.